The second-order valence-corrected chi connectivity index (χ2v) is 13.9. The van der Waals surface area contributed by atoms with Crippen LogP contribution >= 0.6 is 33.0 Å². The van der Waals surface area contributed by atoms with Gasteiger partial charge in [0.1, 0.15) is 0 Å². The molecule has 3 aliphatic rings. The molecular formula is C32H50Cl3N3O3S. The summed E-state index contributed by atoms with van der Waals surface area (Å²) >= 11 is 6.00. The first-order chi connectivity index (χ1) is 20.5. The molecule has 6 nitrogen and oxygen atoms in total. The maximum absolute atomic E-state index is 9.30. The molecule has 3 heterocycles. The van der Waals surface area contributed by atoms with E-state index in [0.717, 1.165) is 44.9 Å². The third kappa shape index (κ3) is 16.4. The summed E-state index contributed by atoms with van der Waals surface area (Å²) in [6.45, 7) is 6.05. The lowest BCUT2D eigenvalue weighted by molar-refractivity contribution is 0.0841. The Labute approximate surface area is 270 Å². The predicted molar refractivity (Wildman–Crippen MR) is 179 cm³/mol. The van der Waals surface area contributed by atoms with Gasteiger partial charge >= 0.3 is 0 Å². The van der Waals surface area contributed by atoms with Crippen molar-refractivity contribution in [1.82, 2.24) is 15.1 Å². The minimum absolute atomic E-state index is 0.298. The number of likely N-dealkylation sites (tertiary alicyclic amines) is 2. The van der Waals surface area contributed by atoms with E-state index in [2.05, 4.69) is 91.1 Å². The lowest BCUT2D eigenvalue weighted by Crippen LogP contribution is -2.41. The highest BCUT2D eigenvalue weighted by Gasteiger charge is 2.22. The fourth-order valence-corrected chi connectivity index (χ4v) is 5.98. The van der Waals surface area contributed by atoms with Crippen LogP contribution in [0.2, 0.25) is 0 Å². The molecule has 3 saturated heterocycles. The Morgan fingerprint density at radius 2 is 1.19 bits per heavy atom. The maximum Gasteiger partial charge on any atom is 0.211 e. The predicted octanol–water partition coefficient (Wildman–Crippen LogP) is 6.48. The number of hydrogen-bond acceptors (Lipinski definition) is 6. The number of hydrogen-bond donors (Lipinski definition) is 3. The van der Waals surface area contributed by atoms with E-state index in [1.54, 1.807) is 0 Å². The number of benzene rings is 2. The first-order valence-corrected chi connectivity index (χ1v) is 18.6. The summed E-state index contributed by atoms with van der Waals surface area (Å²) < 4.78 is 9.09. The third-order valence-corrected chi connectivity index (χ3v) is 8.33. The summed E-state index contributed by atoms with van der Waals surface area (Å²) in [6.07, 6.45) is 11.3. The van der Waals surface area contributed by atoms with Gasteiger partial charge in [0.05, 0.1) is 13.2 Å². The molecule has 3 aliphatic heterocycles. The number of nitrogens with zero attached hydrogens (tertiary/aromatic N) is 2. The number of piperidine rings is 3. The average Bonchev–Trinajstić information content (AvgIpc) is 3.03. The SMILES string of the molecule is ClCC1CCCCN1Cc1ccccc1.O=S(Cl)Cl.OCC1CCCCN1.OCC1CCCCN1Cc1ccccc1. The Morgan fingerprint density at radius 3 is 1.60 bits per heavy atom. The Balaban J connectivity index is 0.000000215. The number of aliphatic hydroxyl groups excluding tert-OH is 2. The van der Waals surface area contributed by atoms with E-state index in [0.29, 0.717) is 31.3 Å². The van der Waals surface area contributed by atoms with Gasteiger partial charge in [-0.25, -0.2) is 4.21 Å². The van der Waals surface area contributed by atoms with Crippen LogP contribution in [0.4, 0.5) is 0 Å². The molecule has 3 fully saturated rings. The van der Waals surface area contributed by atoms with Crippen molar-refractivity contribution in [3.05, 3.63) is 71.8 Å². The van der Waals surface area contributed by atoms with Crippen molar-refractivity contribution in [3.8, 4) is 0 Å². The lowest BCUT2D eigenvalue weighted by Gasteiger charge is -2.34. The third-order valence-electron chi connectivity index (χ3n) is 7.98. The molecule has 0 saturated carbocycles. The average molecular weight is 663 g/mol. The van der Waals surface area contributed by atoms with Crippen molar-refractivity contribution < 1.29 is 14.4 Å². The second-order valence-electron chi connectivity index (χ2n) is 11.1. The second kappa shape index (κ2) is 23.6. The first kappa shape index (κ1) is 37.4. The van der Waals surface area contributed by atoms with Gasteiger partial charge in [-0.1, -0.05) is 79.9 Å². The molecule has 0 spiro atoms. The van der Waals surface area contributed by atoms with Gasteiger partial charge in [0.25, 0.3) is 0 Å². The molecule has 0 aliphatic carbocycles. The van der Waals surface area contributed by atoms with Crippen LogP contribution in [0.15, 0.2) is 60.7 Å². The van der Waals surface area contributed by atoms with E-state index in [-0.39, 0.29) is 0 Å². The molecular weight excluding hydrogens is 613 g/mol. The molecule has 3 atom stereocenters. The highest BCUT2D eigenvalue weighted by atomic mass is 36.0. The molecule has 0 radical (unpaired) electrons. The standard InChI is InChI=1S/C13H18ClN.C13H19NO.C6H13NO.Cl2OS/c14-10-13-8-4-5-9-15(13)11-12-6-2-1-3-7-12;15-11-13-8-4-5-9-14(13)10-12-6-2-1-3-7-12;8-5-6-3-1-2-4-7-6;1-4(2)3/h1-3,6-7,13H,4-5,8-11H2;1-3,6-7,13,15H,4-5,8-11H2;6-8H,1-5H2;. The highest BCUT2D eigenvalue weighted by molar-refractivity contribution is 8.26. The summed E-state index contributed by atoms with van der Waals surface area (Å²) in [4.78, 5) is 4.92. The monoisotopic (exact) mass is 661 g/mol. The summed E-state index contributed by atoms with van der Waals surface area (Å²) in [6, 6.07) is 22.5. The van der Waals surface area contributed by atoms with Crippen LogP contribution in [0, 0.1) is 0 Å². The van der Waals surface area contributed by atoms with Crippen LogP contribution in [0.1, 0.15) is 68.9 Å². The molecule has 0 bridgehead atoms. The minimum atomic E-state index is -1.67. The Kier molecular flexibility index (Phi) is 21.1. The van der Waals surface area contributed by atoms with Gasteiger partial charge in [-0.05, 0) is 69.3 Å². The Hall–Kier alpha value is -0.740. The van der Waals surface area contributed by atoms with Crippen LogP contribution in [-0.2, 0) is 22.3 Å². The van der Waals surface area contributed by atoms with Gasteiger partial charge in [-0.2, -0.15) is 0 Å². The Morgan fingerprint density at radius 1 is 0.714 bits per heavy atom. The number of alkyl halides is 1. The smallest absolute Gasteiger partial charge is 0.211 e. The van der Waals surface area contributed by atoms with Crippen molar-refractivity contribution in [3.63, 3.8) is 0 Å². The van der Waals surface area contributed by atoms with E-state index in [4.69, 9.17) is 20.9 Å². The molecule has 0 amide bonds. The van der Waals surface area contributed by atoms with Crippen LogP contribution in [0.3, 0.4) is 0 Å². The molecule has 10 heteroatoms. The number of halogens is 3. The van der Waals surface area contributed by atoms with Gasteiger partial charge in [0.15, 0.2) is 0 Å². The van der Waals surface area contributed by atoms with Crippen LogP contribution in [-0.4, -0.2) is 81.1 Å². The van der Waals surface area contributed by atoms with E-state index in [1.165, 1.54) is 62.6 Å². The van der Waals surface area contributed by atoms with Crippen molar-refractivity contribution >= 4 is 42.2 Å². The molecule has 3 N–H and O–H groups in total. The summed E-state index contributed by atoms with van der Waals surface area (Å²) in [7, 11) is 7.36. The molecule has 2 aromatic rings. The normalized spacial score (nSPS) is 23.0. The van der Waals surface area contributed by atoms with Gasteiger partial charge in [0.2, 0.25) is 9.23 Å². The summed E-state index contributed by atoms with van der Waals surface area (Å²) in [5.41, 5.74) is 2.74. The van der Waals surface area contributed by atoms with E-state index >= 15 is 0 Å². The summed E-state index contributed by atoms with van der Waals surface area (Å²) in [5.74, 6) is 0.771. The topological polar surface area (TPSA) is 76.0 Å². The zero-order valence-corrected chi connectivity index (χ0v) is 27.8. The molecule has 0 aromatic heterocycles. The quantitative estimate of drug-likeness (QED) is 0.233. The van der Waals surface area contributed by atoms with Crippen molar-refractivity contribution in [2.24, 2.45) is 0 Å². The zero-order chi connectivity index (χ0) is 30.4. The molecule has 42 heavy (non-hydrogen) atoms. The van der Waals surface area contributed by atoms with Crippen LogP contribution in [0.25, 0.3) is 0 Å². The largest absolute Gasteiger partial charge is 0.395 e. The Bertz CT molecular complexity index is 877. The first-order valence-electron chi connectivity index (χ1n) is 15.3. The van der Waals surface area contributed by atoms with Gasteiger partial charge in [-0.15, -0.1) is 11.6 Å². The molecule has 2 aromatic carbocycles. The molecule has 5 rings (SSSR count). The lowest BCUT2D eigenvalue weighted by atomic mass is 10.0. The zero-order valence-electron chi connectivity index (χ0n) is 24.8. The minimum Gasteiger partial charge on any atom is -0.395 e. The van der Waals surface area contributed by atoms with Crippen LogP contribution < -0.4 is 5.32 Å². The van der Waals surface area contributed by atoms with Crippen molar-refractivity contribution in [1.29, 1.82) is 0 Å². The number of nitrogens with one attached hydrogen (secondary N) is 1. The molecule has 3 unspecified atom stereocenters. The van der Waals surface area contributed by atoms with Gasteiger partial charge in [-0.3, -0.25) is 9.80 Å². The van der Waals surface area contributed by atoms with Crippen LogP contribution in [0.5, 0.6) is 0 Å². The fourth-order valence-electron chi connectivity index (χ4n) is 5.63. The van der Waals surface area contributed by atoms with Crippen molar-refractivity contribution in [2.75, 3.05) is 38.7 Å². The van der Waals surface area contributed by atoms with E-state index in [9.17, 15) is 5.11 Å². The van der Waals surface area contributed by atoms with E-state index in [1.807, 2.05) is 6.07 Å². The maximum atomic E-state index is 9.30. The highest BCUT2D eigenvalue weighted by Crippen LogP contribution is 2.21. The van der Waals surface area contributed by atoms with E-state index < -0.39 is 9.23 Å². The fraction of sp³-hybridized carbons (Fsp3) is 0.625. The summed E-state index contributed by atoms with van der Waals surface area (Å²) in [5, 5.41) is 21.1. The number of aliphatic hydroxyl groups is 2. The number of rotatable bonds is 7. The van der Waals surface area contributed by atoms with Gasteiger partial charge < -0.3 is 15.5 Å². The van der Waals surface area contributed by atoms with Gasteiger partial charge in [0, 0.05) is 58.5 Å². The van der Waals surface area contributed by atoms with Crippen molar-refractivity contribution in [2.45, 2.75) is 89.0 Å². The molecule has 238 valence electrons.